The van der Waals surface area contributed by atoms with E-state index >= 15 is 0 Å². The Labute approximate surface area is 186 Å². The average Bonchev–Trinajstić information content (AvgIpc) is 3.23. The van der Waals surface area contributed by atoms with E-state index in [1.54, 1.807) is 10.6 Å². The van der Waals surface area contributed by atoms with E-state index in [9.17, 15) is 14.7 Å². The van der Waals surface area contributed by atoms with Gasteiger partial charge in [-0.25, -0.2) is 0 Å². The molecular weight excluding hydrogens is 410 g/mol. The van der Waals surface area contributed by atoms with Crippen molar-refractivity contribution in [2.45, 2.75) is 45.2 Å². The van der Waals surface area contributed by atoms with Gasteiger partial charge in [-0.2, -0.15) is 0 Å². The molecule has 4 rings (SSSR count). The van der Waals surface area contributed by atoms with Gasteiger partial charge in [0.25, 0.3) is 11.5 Å². The summed E-state index contributed by atoms with van der Waals surface area (Å²) in [5.74, 6) is -0.691. The summed E-state index contributed by atoms with van der Waals surface area (Å²) < 4.78 is 1.60. The first-order valence-electron chi connectivity index (χ1n) is 10.9. The molecule has 3 heterocycles. The van der Waals surface area contributed by atoms with Crippen molar-refractivity contribution in [3.63, 3.8) is 0 Å². The fourth-order valence-corrected chi connectivity index (χ4v) is 5.31. The summed E-state index contributed by atoms with van der Waals surface area (Å²) in [6.07, 6.45) is 2.68. The number of rotatable bonds is 6. The summed E-state index contributed by atoms with van der Waals surface area (Å²) in [4.78, 5) is 29.1. The van der Waals surface area contributed by atoms with Gasteiger partial charge >= 0.3 is 0 Å². The number of nitrogens with one attached hydrogen (secondary N) is 1. The molecule has 1 saturated heterocycles. The van der Waals surface area contributed by atoms with Crippen LogP contribution in [0.3, 0.4) is 0 Å². The molecule has 0 atom stereocenters. The molecule has 0 radical (unpaired) electrons. The van der Waals surface area contributed by atoms with Gasteiger partial charge in [0.2, 0.25) is 0 Å². The van der Waals surface area contributed by atoms with Crippen LogP contribution in [0.1, 0.15) is 48.7 Å². The number of pyridine rings is 1. The molecule has 1 aliphatic heterocycles. The van der Waals surface area contributed by atoms with Crippen LogP contribution in [-0.2, 0) is 6.42 Å². The zero-order valence-electron chi connectivity index (χ0n) is 18.0. The number of piperidine rings is 1. The Balaban J connectivity index is 1.41. The quantitative estimate of drug-likeness (QED) is 0.613. The van der Waals surface area contributed by atoms with Gasteiger partial charge in [-0.05, 0) is 50.1 Å². The lowest BCUT2D eigenvalue weighted by molar-refractivity contribution is 0.0907. The summed E-state index contributed by atoms with van der Waals surface area (Å²) >= 11 is 1.40. The van der Waals surface area contributed by atoms with E-state index < -0.39 is 11.5 Å². The van der Waals surface area contributed by atoms with E-state index in [4.69, 9.17) is 0 Å². The molecular formula is C24H29N3O3S. The number of thiophene rings is 1. The van der Waals surface area contributed by atoms with E-state index in [1.807, 2.05) is 25.3 Å². The smallest absolute Gasteiger partial charge is 0.268 e. The van der Waals surface area contributed by atoms with E-state index in [-0.39, 0.29) is 23.4 Å². The highest BCUT2D eigenvalue weighted by Gasteiger charge is 2.27. The molecule has 7 heteroatoms. The van der Waals surface area contributed by atoms with Crippen molar-refractivity contribution in [3.8, 4) is 5.75 Å². The lowest BCUT2D eigenvalue weighted by atomic mass is 10.0. The van der Waals surface area contributed by atoms with Crippen LogP contribution in [0.15, 0.2) is 46.6 Å². The summed E-state index contributed by atoms with van der Waals surface area (Å²) in [5, 5.41) is 16.1. The Morgan fingerprint density at radius 1 is 1.19 bits per heavy atom. The van der Waals surface area contributed by atoms with Crippen LogP contribution < -0.4 is 10.9 Å². The highest BCUT2D eigenvalue weighted by molar-refractivity contribution is 7.16. The van der Waals surface area contributed by atoms with Gasteiger partial charge in [-0.15, -0.1) is 11.3 Å². The number of likely N-dealkylation sites (tertiary alicyclic amines) is 1. The van der Waals surface area contributed by atoms with Crippen LogP contribution in [-0.4, -0.2) is 46.2 Å². The highest BCUT2D eigenvalue weighted by atomic mass is 32.1. The Kier molecular flexibility index (Phi) is 6.43. The van der Waals surface area contributed by atoms with E-state index in [0.717, 1.165) is 38.9 Å². The molecule has 2 aromatic heterocycles. The third-order valence-electron chi connectivity index (χ3n) is 6.01. The lowest BCUT2D eigenvalue weighted by Gasteiger charge is -2.32. The Hall–Kier alpha value is -2.64. The molecule has 2 N–H and O–H groups in total. The standard InChI is InChI=1S/C24H29N3O3S/c1-16(2)27-23(30)20(21(28)19-11-15-31-24(19)27)22(29)25-18-9-13-26(14-10-18)12-8-17-6-4-3-5-7-17/h3-7,11,15-16,18,28H,8-10,12-14H2,1-2H3,(H,25,29). The first-order valence-corrected chi connectivity index (χ1v) is 11.8. The second-order valence-corrected chi connectivity index (χ2v) is 9.35. The molecule has 1 aliphatic rings. The second-order valence-electron chi connectivity index (χ2n) is 8.46. The summed E-state index contributed by atoms with van der Waals surface area (Å²) in [6.45, 7) is 6.63. The number of amides is 1. The molecule has 0 bridgehead atoms. The molecule has 1 amide bonds. The number of benzene rings is 1. The topological polar surface area (TPSA) is 74.6 Å². The average molecular weight is 440 g/mol. The first-order chi connectivity index (χ1) is 15.0. The molecule has 6 nitrogen and oxygen atoms in total. The molecule has 0 aliphatic carbocycles. The number of nitrogens with zero attached hydrogens (tertiary/aromatic N) is 2. The maximum absolute atomic E-state index is 13.0. The minimum absolute atomic E-state index is 0.00458. The van der Waals surface area contributed by atoms with Crippen molar-refractivity contribution >= 4 is 27.5 Å². The number of hydrogen-bond donors (Lipinski definition) is 2. The fraction of sp³-hybridized carbons (Fsp3) is 0.417. The molecule has 0 unspecified atom stereocenters. The SMILES string of the molecule is CC(C)n1c(=O)c(C(=O)NC2CCN(CCc3ccccc3)CC2)c(O)c2ccsc21. The van der Waals surface area contributed by atoms with Crippen LogP contribution in [0.25, 0.3) is 10.2 Å². The van der Waals surface area contributed by atoms with Crippen LogP contribution in [0.2, 0.25) is 0 Å². The molecule has 1 aromatic carbocycles. The van der Waals surface area contributed by atoms with Gasteiger partial charge in [-0.1, -0.05) is 30.3 Å². The Morgan fingerprint density at radius 2 is 1.90 bits per heavy atom. The summed E-state index contributed by atoms with van der Waals surface area (Å²) in [5.41, 5.74) is 0.755. The Morgan fingerprint density at radius 3 is 2.58 bits per heavy atom. The summed E-state index contributed by atoms with van der Waals surface area (Å²) in [7, 11) is 0. The second kappa shape index (κ2) is 9.24. The third kappa shape index (κ3) is 4.52. The van der Waals surface area contributed by atoms with E-state index in [2.05, 4.69) is 34.5 Å². The third-order valence-corrected chi connectivity index (χ3v) is 6.93. The normalized spacial score (nSPS) is 15.6. The summed E-state index contributed by atoms with van der Waals surface area (Å²) in [6, 6.07) is 12.1. The minimum atomic E-state index is -0.479. The number of aromatic nitrogens is 1. The predicted octanol–water partition coefficient (Wildman–Crippen LogP) is 3.79. The number of carbonyl (C=O) groups excluding carboxylic acids is 1. The molecule has 0 saturated carbocycles. The number of fused-ring (bicyclic) bond motifs is 1. The van der Waals surface area contributed by atoms with Gasteiger partial charge in [0.05, 0.1) is 5.39 Å². The number of hydrogen-bond acceptors (Lipinski definition) is 5. The minimum Gasteiger partial charge on any atom is -0.506 e. The van der Waals surface area contributed by atoms with Gasteiger partial charge in [0.1, 0.15) is 16.1 Å². The molecule has 31 heavy (non-hydrogen) atoms. The molecule has 164 valence electrons. The van der Waals surface area contributed by atoms with Crippen molar-refractivity contribution in [1.82, 2.24) is 14.8 Å². The molecule has 1 fully saturated rings. The monoisotopic (exact) mass is 439 g/mol. The van der Waals surface area contributed by atoms with Crippen LogP contribution in [0.4, 0.5) is 0 Å². The van der Waals surface area contributed by atoms with Gasteiger partial charge in [-0.3, -0.25) is 14.2 Å². The maximum Gasteiger partial charge on any atom is 0.268 e. The van der Waals surface area contributed by atoms with Crippen LogP contribution >= 0.6 is 11.3 Å². The van der Waals surface area contributed by atoms with Gasteiger partial charge in [0.15, 0.2) is 0 Å². The van der Waals surface area contributed by atoms with Crippen LogP contribution in [0, 0.1) is 0 Å². The largest absolute Gasteiger partial charge is 0.506 e. The first kappa shape index (κ1) is 21.6. The molecule has 3 aromatic rings. The van der Waals surface area contributed by atoms with Gasteiger partial charge in [0, 0.05) is 31.7 Å². The van der Waals surface area contributed by atoms with E-state index in [1.165, 1.54) is 16.9 Å². The van der Waals surface area contributed by atoms with Crippen molar-refractivity contribution in [3.05, 3.63) is 63.3 Å². The van der Waals surface area contributed by atoms with Crippen molar-refractivity contribution in [1.29, 1.82) is 0 Å². The number of carbonyl (C=O) groups is 1. The lowest BCUT2D eigenvalue weighted by Crippen LogP contribution is -2.46. The fourth-order valence-electron chi connectivity index (χ4n) is 4.28. The van der Waals surface area contributed by atoms with Gasteiger partial charge < -0.3 is 15.3 Å². The Bertz CT molecular complexity index is 1110. The van der Waals surface area contributed by atoms with Crippen LogP contribution in [0.5, 0.6) is 5.75 Å². The predicted molar refractivity (Wildman–Crippen MR) is 125 cm³/mol. The molecule has 0 spiro atoms. The number of aromatic hydroxyl groups is 1. The van der Waals surface area contributed by atoms with Crippen molar-refractivity contribution in [2.24, 2.45) is 0 Å². The zero-order valence-corrected chi connectivity index (χ0v) is 18.8. The maximum atomic E-state index is 13.0. The zero-order chi connectivity index (χ0) is 22.0. The highest BCUT2D eigenvalue weighted by Crippen LogP contribution is 2.31. The van der Waals surface area contributed by atoms with E-state index in [0.29, 0.717) is 10.2 Å². The van der Waals surface area contributed by atoms with Crippen molar-refractivity contribution < 1.29 is 9.90 Å². The van der Waals surface area contributed by atoms with Crippen molar-refractivity contribution in [2.75, 3.05) is 19.6 Å².